The third-order valence-corrected chi connectivity index (χ3v) is 3.84. The molecule has 2 rings (SSSR count). The van der Waals surface area contributed by atoms with Gasteiger partial charge in [-0.25, -0.2) is 4.79 Å². The van der Waals surface area contributed by atoms with Gasteiger partial charge in [0.1, 0.15) is 0 Å². The number of carbonyl (C=O) groups is 2. The molecule has 1 fully saturated rings. The van der Waals surface area contributed by atoms with E-state index in [1.807, 2.05) is 0 Å². The average Bonchev–Trinajstić information content (AvgIpc) is 2.99. The van der Waals surface area contributed by atoms with E-state index in [-0.39, 0.29) is 30.6 Å². The van der Waals surface area contributed by atoms with Crippen molar-refractivity contribution in [1.82, 2.24) is 10.6 Å². The molecule has 1 aromatic carbocycles. The summed E-state index contributed by atoms with van der Waals surface area (Å²) in [5.74, 6) is -0.169. The maximum absolute atomic E-state index is 12.8. The molecule has 3 amide bonds. The SMILES string of the molecule is O=C(CCNC(=O)Nc1ccccc1C(F)(F)F)NC1CCCC1. The van der Waals surface area contributed by atoms with Crippen molar-refractivity contribution < 1.29 is 22.8 Å². The molecule has 0 radical (unpaired) electrons. The molecule has 0 unspecified atom stereocenters. The van der Waals surface area contributed by atoms with E-state index in [1.165, 1.54) is 18.2 Å². The van der Waals surface area contributed by atoms with Gasteiger partial charge in [-0.05, 0) is 25.0 Å². The van der Waals surface area contributed by atoms with Crippen LogP contribution in [-0.2, 0) is 11.0 Å². The van der Waals surface area contributed by atoms with Crippen LogP contribution in [0.4, 0.5) is 23.7 Å². The average molecular weight is 343 g/mol. The molecule has 0 saturated heterocycles. The zero-order chi connectivity index (χ0) is 17.6. The highest BCUT2D eigenvalue weighted by molar-refractivity contribution is 5.90. The van der Waals surface area contributed by atoms with Crippen molar-refractivity contribution >= 4 is 17.6 Å². The third-order valence-electron chi connectivity index (χ3n) is 3.84. The molecule has 3 N–H and O–H groups in total. The fourth-order valence-corrected chi connectivity index (χ4v) is 2.67. The van der Waals surface area contributed by atoms with E-state index in [0.29, 0.717) is 0 Å². The Bertz CT molecular complexity index is 584. The number of hydrogen-bond acceptors (Lipinski definition) is 2. The lowest BCUT2D eigenvalue weighted by molar-refractivity contribution is -0.137. The topological polar surface area (TPSA) is 70.2 Å². The molecule has 0 heterocycles. The van der Waals surface area contributed by atoms with Crippen LogP contribution in [0.1, 0.15) is 37.7 Å². The molecule has 132 valence electrons. The first-order valence-corrected chi connectivity index (χ1v) is 7.86. The smallest absolute Gasteiger partial charge is 0.353 e. The van der Waals surface area contributed by atoms with Crippen LogP contribution in [0, 0.1) is 0 Å². The monoisotopic (exact) mass is 343 g/mol. The van der Waals surface area contributed by atoms with Gasteiger partial charge < -0.3 is 16.0 Å². The molecule has 0 bridgehead atoms. The van der Waals surface area contributed by atoms with Crippen LogP contribution in [0.2, 0.25) is 0 Å². The summed E-state index contributed by atoms with van der Waals surface area (Å²) in [6, 6.07) is 4.14. The first-order chi connectivity index (χ1) is 11.4. The summed E-state index contributed by atoms with van der Waals surface area (Å²) in [4.78, 5) is 23.4. The zero-order valence-corrected chi connectivity index (χ0v) is 13.1. The normalized spacial score (nSPS) is 15.1. The van der Waals surface area contributed by atoms with E-state index in [9.17, 15) is 22.8 Å². The summed E-state index contributed by atoms with van der Waals surface area (Å²) in [5, 5.41) is 7.42. The van der Waals surface area contributed by atoms with Crippen LogP contribution in [-0.4, -0.2) is 24.5 Å². The third kappa shape index (κ3) is 5.43. The highest BCUT2D eigenvalue weighted by atomic mass is 19.4. The predicted molar refractivity (Wildman–Crippen MR) is 83.5 cm³/mol. The highest BCUT2D eigenvalue weighted by Gasteiger charge is 2.33. The molecule has 1 aromatic rings. The molecular formula is C16H20F3N3O2. The van der Waals surface area contributed by atoms with E-state index >= 15 is 0 Å². The van der Waals surface area contributed by atoms with Gasteiger partial charge in [0.25, 0.3) is 0 Å². The predicted octanol–water partition coefficient (Wildman–Crippen LogP) is 3.28. The lowest BCUT2D eigenvalue weighted by atomic mass is 10.1. The number of benzene rings is 1. The van der Waals surface area contributed by atoms with Gasteiger partial charge in [0.2, 0.25) is 5.91 Å². The Hall–Kier alpha value is -2.25. The van der Waals surface area contributed by atoms with Crippen LogP contribution >= 0.6 is 0 Å². The summed E-state index contributed by atoms with van der Waals surface area (Å²) in [5.41, 5.74) is -1.24. The van der Waals surface area contributed by atoms with Gasteiger partial charge in [-0.3, -0.25) is 4.79 Å². The van der Waals surface area contributed by atoms with Gasteiger partial charge >= 0.3 is 12.2 Å². The number of rotatable bonds is 5. The Morgan fingerprint density at radius 2 is 1.79 bits per heavy atom. The molecule has 1 aliphatic carbocycles. The van der Waals surface area contributed by atoms with Crippen molar-refractivity contribution in [2.45, 2.75) is 44.3 Å². The van der Waals surface area contributed by atoms with Crippen molar-refractivity contribution in [3.8, 4) is 0 Å². The maximum Gasteiger partial charge on any atom is 0.418 e. The molecule has 8 heteroatoms. The number of halogens is 3. The fraction of sp³-hybridized carbons (Fsp3) is 0.500. The van der Waals surface area contributed by atoms with E-state index in [4.69, 9.17) is 0 Å². The van der Waals surface area contributed by atoms with E-state index in [2.05, 4.69) is 16.0 Å². The number of para-hydroxylation sites is 1. The van der Waals surface area contributed by atoms with E-state index in [0.717, 1.165) is 31.7 Å². The first-order valence-electron chi connectivity index (χ1n) is 7.86. The number of hydrogen-bond donors (Lipinski definition) is 3. The van der Waals surface area contributed by atoms with Crippen molar-refractivity contribution in [2.24, 2.45) is 0 Å². The Morgan fingerprint density at radius 3 is 2.46 bits per heavy atom. The number of urea groups is 1. The molecule has 5 nitrogen and oxygen atoms in total. The minimum absolute atomic E-state index is 0.0541. The van der Waals surface area contributed by atoms with Gasteiger partial charge in [0.15, 0.2) is 0 Å². The van der Waals surface area contributed by atoms with Crippen LogP contribution in [0.15, 0.2) is 24.3 Å². The van der Waals surface area contributed by atoms with Gasteiger partial charge in [-0.1, -0.05) is 25.0 Å². The van der Waals surface area contributed by atoms with Gasteiger partial charge in [-0.2, -0.15) is 13.2 Å². The maximum atomic E-state index is 12.8. The molecule has 24 heavy (non-hydrogen) atoms. The largest absolute Gasteiger partial charge is 0.418 e. The first kappa shape index (κ1) is 18.1. The van der Waals surface area contributed by atoms with Crippen molar-refractivity contribution in [1.29, 1.82) is 0 Å². The molecule has 0 atom stereocenters. The Morgan fingerprint density at radius 1 is 1.12 bits per heavy atom. The van der Waals surface area contributed by atoms with Gasteiger partial charge in [-0.15, -0.1) is 0 Å². The minimum atomic E-state index is -4.55. The standard InChI is InChI=1S/C16H20F3N3O2/c17-16(18,19)12-7-3-4-8-13(12)22-15(24)20-10-9-14(23)21-11-5-1-2-6-11/h3-4,7-8,11H,1-2,5-6,9-10H2,(H,21,23)(H2,20,22,24). The van der Waals surface area contributed by atoms with Crippen molar-refractivity contribution in [3.05, 3.63) is 29.8 Å². The van der Waals surface area contributed by atoms with Crippen LogP contribution in [0.5, 0.6) is 0 Å². The molecule has 0 spiro atoms. The number of amides is 3. The Kier molecular flexibility index (Phi) is 6.05. The summed E-state index contributed by atoms with van der Waals surface area (Å²) in [6.45, 7) is 0.0541. The Labute approximate surface area is 138 Å². The summed E-state index contributed by atoms with van der Waals surface area (Å²) < 4.78 is 38.5. The lowest BCUT2D eigenvalue weighted by Crippen LogP contribution is -2.36. The van der Waals surface area contributed by atoms with E-state index < -0.39 is 17.8 Å². The minimum Gasteiger partial charge on any atom is -0.353 e. The zero-order valence-electron chi connectivity index (χ0n) is 13.1. The molecule has 1 saturated carbocycles. The summed E-state index contributed by atoms with van der Waals surface area (Å²) in [6.07, 6.45) is -0.327. The lowest BCUT2D eigenvalue weighted by Gasteiger charge is -2.14. The fourth-order valence-electron chi connectivity index (χ4n) is 2.67. The summed E-state index contributed by atoms with van der Waals surface area (Å²) in [7, 11) is 0. The van der Waals surface area contributed by atoms with Crippen LogP contribution < -0.4 is 16.0 Å². The highest BCUT2D eigenvalue weighted by Crippen LogP contribution is 2.34. The van der Waals surface area contributed by atoms with Gasteiger partial charge in [0, 0.05) is 19.0 Å². The van der Waals surface area contributed by atoms with Gasteiger partial charge in [0.05, 0.1) is 11.3 Å². The summed E-state index contributed by atoms with van der Waals surface area (Å²) >= 11 is 0. The molecular weight excluding hydrogens is 323 g/mol. The number of carbonyl (C=O) groups excluding carboxylic acids is 2. The van der Waals surface area contributed by atoms with Crippen LogP contribution in [0.25, 0.3) is 0 Å². The second kappa shape index (κ2) is 8.03. The number of alkyl halides is 3. The second-order valence-electron chi connectivity index (χ2n) is 5.72. The molecule has 0 aliphatic heterocycles. The Balaban J connectivity index is 1.76. The van der Waals surface area contributed by atoms with Crippen molar-refractivity contribution in [3.63, 3.8) is 0 Å². The molecule has 0 aromatic heterocycles. The van der Waals surface area contributed by atoms with Crippen LogP contribution in [0.3, 0.4) is 0 Å². The quantitative estimate of drug-likeness (QED) is 0.768. The van der Waals surface area contributed by atoms with Crippen molar-refractivity contribution in [2.75, 3.05) is 11.9 Å². The molecule has 1 aliphatic rings. The second-order valence-corrected chi connectivity index (χ2v) is 5.72. The van der Waals surface area contributed by atoms with E-state index in [1.54, 1.807) is 0 Å². The number of nitrogens with one attached hydrogen (secondary N) is 3. The number of anilines is 1.